The molecule has 0 fully saturated rings. The van der Waals surface area contributed by atoms with Gasteiger partial charge in [0.1, 0.15) is 27.9 Å². The fourth-order valence-electron chi connectivity index (χ4n) is 2.52. The first-order valence-electron chi connectivity index (χ1n) is 8.45. The number of hydrogen-bond donors (Lipinski definition) is 1. The maximum Gasteiger partial charge on any atom is 0.280 e. The number of nitrogens with one attached hydrogen (secondary N) is 1. The van der Waals surface area contributed by atoms with E-state index in [9.17, 15) is 9.18 Å². The second-order valence-electron chi connectivity index (χ2n) is 5.74. The summed E-state index contributed by atoms with van der Waals surface area (Å²) in [4.78, 5) is 16.9. The predicted molar refractivity (Wildman–Crippen MR) is 105 cm³/mol. The number of pyridine rings is 1. The minimum Gasteiger partial charge on any atom is -0.497 e. The van der Waals surface area contributed by atoms with Gasteiger partial charge in [-0.2, -0.15) is 5.10 Å². The third-order valence-corrected chi connectivity index (χ3v) is 4.83. The normalized spacial score (nSPS) is 10.5. The summed E-state index contributed by atoms with van der Waals surface area (Å²) in [5.74, 6) is -0.212. The third kappa shape index (κ3) is 4.77. The highest BCUT2D eigenvalue weighted by Gasteiger charge is 2.17. The van der Waals surface area contributed by atoms with Crippen molar-refractivity contribution in [3.8, 4) is 17.4 Å². The van der Waals surface area contributed by atoms with E-state index in [1.165, 1.54) is 33.5 Å². The van der Waals surface area contributed by atoms with Gasteiger partial charge in [0.25, 0.3) is 5.91 Å². The number of rotatable bonds is 8. The van der Waals surface area contributed by atoms with Crippen molar-refractivity contribution in [2.75, 3.05) is 21.3 Å². The van der Waals surface area contributed by atoms with Crippen molar-refractivity contribution < 1.29 is 23.4 Å². The highest BCUT2D eigenvalue weighted by Crippen LogP contribution is 2.34. The standard InChI is InChI=1S/C19H19FN4O4S/c1-26-13-9-14(20)17(16(10-13)27-2)29-23-18(25)15-6-5-12(19(22-15)28-3)11-24-8-4-7-21-24/h4-10H,11H2,1-3H3,(H,23,25). The minimum absolute atomic E-state index is 0.129. The van der Waals surface area contributed by atoms with Crippen LogP contribution in [0.25, 0.3) is 0 Å². The van der Waals surface area contributed by atoms with Gasteiger partial charge < -0.3 is 14.2 Å². The molecular formula is C19H19FN4O4S. The van der Waals surface area contributed by atoms with Gasteiger partial charge in [-0.15, -0.1) is 0 Å². The molecule has 0 aliphatic carbocycles. The maximum atomic E-state index is 14.3. The van der Waals surface area contributed by atoms with E-state index in [0.29, 0.717) is 18.2 Å². The lowest BCUT2D eigenvalue weighted by Crippen LogP contribution is -2.18. The first-order valence-corrected chi connectivity index (χ1v) is 9.27. The number of methoxy groups -OCH3 is 3. The molecule has 0 saturated heterocycles. The number of benzene rings is 1. The summed E-state index contributed by atoms with van der Waals surface area (Å²) in [5.41, 5.74) is 0.898. The van der Waals surface area contributed by atoms with Crippen molar-refractivity contribution in [3.05, 3.63) is 59.8 Å². The Morgan fingerprint density at radius 2 is 2.03 bits per heavy atom. The van der Waals surface area contributed by atoms with Crippen molar-refractivity contribution in [1.82, 2.24) is 19.5 Å². The number of hydrogen-bond acceptors (Lipinski definition) is 7. The second kappa shape index (κ2) is 9.28. The molecule has 0 unspecified atom stereocenters. The molecule has 3 aromatic rings. The van der Waals surface area contributed by atoms with E-state index in [1.807, 2.05) is 12.3 Å². The number of carbonyl (C=O) groups is 1. The zero-order valence-electron chi connectivity index (χ0n) is 16.0. The Hall–Kier alpha value is -3.27. The van der Waals surface area contributed by atoms with Crippen LogP contribution in [0.15, 0.2) is 47.6 Å². The third-order valence-electron chi connectivity index (χ3n) is 3.94. The fraction of sp³-hybridized carbons (Fsp3) is 0.211. The monoisotopic (exact) mass is 418 g/mol. The van der Waals surface area contributed by atoms with Crippen LogP contribution < -0.4 is 18.9 Å². The van der Waals surface area contributed by atoms with Crippen LogP contribution in [0.5, 0.6) is 17.4 Å². The van der Waals surface area contributed by atoms with E-state index < -0.39 is 11.7 Å². The number of aromatic nitrogens is 3. The van der Waals surface area contributed by atoms with Crippen LogP contribution in [0.4, 0.5) is 4.39 Å². The summed E-state index contributed by atoms with van der Waals surface area (Å²) in [5, 5.41) is 4.14. The lowest BCUT2D eigenvalue weighted by molar-refractivity contribution is 0.0978. The zero-order valence-corrected chi connectivity index (χ0v) is 16.8. The van der Waals surface area contributed by atoms with E-state index in [-0.39, 0.29) is 16.3 Å². The Morgan fingerprint density at radius 1 is 1.21 bits per heavy atom. The van der Waals surface area contributed by atoms with Gasteiger partial charge in [-0.25, -0.2) is 9.37 Å². The van der Waals surface area contributed by atoms with E-state index in [0.717, 1.165) is 17.5 Å². The zero-order chi connectivity index (χ0) is 20.8. The molecule has 152 valence electrons. The Kier molecular flexibility index (Phi) is 6.55. The maximum absolute atomic E-state index is 14.3. The van der Waals surface area contributed by atoms with Crippen molar-refractivity contribution in [2.24, 2.45) is 0 Å². The Bertz CT molecular complexity index is 998. The van der Waals surface area contributed by atoms with Crippen LogP contribution in [0.2, 0.25) is 0 Å². The number of halogens is 1. The summed E-state index contributed by atoms with van der Waals surface area (Å²) in [7, 11) is 4.31. The lowest BCUT2D eigenvalue weighted by Gasteiger charge is -2.12. The van der Waals surface area contributed by atoms with Crippen LogP contribution in [0, 0.1) is 5.82 Å². The Morgan fingerprint density at radius 3 is 2.69 bits per heavy atom. The predicted octanol–water partition coefficient (Wildman–Crippen LogP) is 2.93. The van der Waals surface area contributed by atoms with Gasteiger partial charge in [0, 0.05) is 30.1 Å². The van der Waals surface area contributed by atoms with E-state index in [4.69, 9.17) is 14.2 Å². The molecular weight excluding hydrogens is 399 g/mol. The average molecular weight is 418 g/mol. The molecule has 0 atom stereocenters. The molecule has 0 aliphatic heterocycles. The first-order chi connectivity index (χ1) is 14.0. The Labute approximate surface area is 171 Å². The molecule has 1 aromatic carbocycles. The molecule has 8 nitrogen and oxygen atoms in total. The summed E-state index contributed by atoms with van der Waals surface area (Å²) >= 11 is 0.792. The molecule has 29 heavy (non-hydrogen) atoms. The smallest absolute Gasteiger partial charge is 0.280 e. The summed E-state index contributed by atoms with van der Waals surface area (Å²) in [6, 6.07) is 7.86. The van der Waals surface area contributed by atoms with Gasteiger partial charge in [-0.05, 0) is 30.1 Å². The van der Waals surface area contributed by atoms with E-state index >= 15 is 0 Å². The quantitative estimate of drug-likeness (QED) is 0.563. The largest absolute Gasteiger partial charge is 0.497 e. The van der Waals surface area contributed by atoms with Crippen molar-refractivity contribution in [2.45, 2.75) is 11.4 Å². The highest BCUT2D eigenvalue weighted by molar-refractivity contribution is 7.98. The Balaban J connectivity index is 1.74. The molecule has 0 bridgehead atoms. The summed E-state index contributed by atoms with van der Waals surface area (Å²) in [6.45, 7) is 0.452. The van der Waals surface area contributed by atoms with Crippen molar-refractivity contribution in [1.29, 1.82) is 0 Å². The molecule has 0 radical (unpaired) electrons. The van der Waals surface area contributed by atoms with Crippen molar-refractivity contribution in [3.63, 3.8) is 0 Å². The SMILES string of the molecule is COc1cc(F)c(SNC(=O)c2ccc(Cn3cccn3)c(OC)n2)c(OC)c1. The lowest BCUT2D eigenvalue weighted by atomic mass is 10.2. The van der Waals surface area contributed by atoms with Gasteiger partial charge in [0.05, 0.1) is 27.9 Å². The first kappa shape index (κ1) is 20.5. The summed E-state index contributed by atoms with van der Waals surface area (Å²) in [6.07, 6.45) is 3.49. The van der Waals surface area contributed by atoms with Gasteiger partial charge in [0.2, 0.25) is 5.88 Å². The van der Waals surface area contributed by atoms with Gasteiger partial charge in [0.15, 0.2) is 0 Å². The van der Waals surface area contributed by atoms with Crippen LogP contribution in [-0.2, 0) is 6.54 Å². The minimum atomic E-state index is -0.577. The van der Waals surface area contributed by atoms with Crippen LogP contribution in [0.3, 0.4) is 0 Å². The molecule has 0 spiro atoms. The fourth-order valence-corrected chi connectivity index (χ4v) is 3.22. The molecule has 2 heterocycles. The molecule has 10 heteroatoms. The average Bonchev–Trinajstić information content (AvgIpc) is 3.25. The van der Waals surface area contributed by atoms with E-state index in [2.05, 4.69) is 14.8 Å². The molecule has 3 rings (SSSR count). The number of carbonyl (C=O) groups excluding carboxylic acids is 1. The number of nitrogens with zero attached hydrogens (tertiary/aromatic N) is 3. The number of ether oxygens (including phenoxy) is 3. The highest BCUT2D eigenvalue weighted by atomic mass is 32.2. The molecule has 2 aromatic heterocycles. The topological polar surface area (TPSA) is 87.5 Å². The molecule has 1 N–H and O–H groups in total. The second-order valence-corrected chi connectivity index (χ2v) is 6.56. The molecule has 1 amide bonds. The molecule has 0 saturated carbocycles. The van der Waals surface area contributed by atoms with Gasteiger partial charge in [-0.1, -0.05) is 0 Å². The molecule has 0 aliphatic rings. The van der Waals surface area contributed by atoms with Crippen molar-refractivity contribution >= 4 is 17.9 Å². The summed E-state index contributed by atoms with van der Waals surface area (Å²) < 4.78 is 34.1. The van der Waals surface area contributed by atoms with Crippen LogP contribution in [-0.4, -0.2) is 42.0 Å². The van der Waals surface area contributed by atoms with Gasteiger partial charge >= 0.3 is 0 Å². The number of amides is 1. The van der Waals surface area contributed by atoms with Gasteiger partial charge in [-0.3, -0.25) is 14.2 Å². The van der Waals surface area contributed by atoms with Crippen LogP contribution in [0.1, 0.15) is 16.1 Å². The van der Waals surface area contributed by atoms with Crippen LogP contribution >= 0.6 is 11.9 Å². The van der Waals surface area contributed by atoms with E-state index in [1.54, 1.807) is 23.0 Å².